The Bertz CT molecular complexity index is 1730. The molecule has 4 aromatic rings. The summed E-state index contributed by atoms with van der Waals surface area (Å²) < 4.78 is 12.4. The first kappa shape index (κ1) is 32.0. The molecule has 1 fully saturated rings. The maximum absolute atomic E-state index is 13.3. The van der Waals surface area contributed by atoms with Crippen molar-refractivity contribution < 1.29 is 38.9 Å². The maximum atomic E-state index is 13.3. The lowest BCUT2D eigenvalue weighted by Gasteiger charge is -2.25. The molecule has 240 valence electrons. The van der Waals surface area contributed by atoms with Crippen LogP contribution >= 0.6 is 0 Å². The minimum Gasteiger partial charge on any atom is -0.479 e. The Labute approximate surface area is 263 Å². The van der Waals surface area contributed by atoms with Crippen LogP contribution in [0, 0.1) is 0 Å². The smallest absolute Gasteiger partial charge is 0.408 e. The van der Waals surface area contributed by atoms with Gasteiger partial charge in [-0.15, -0.1) is 0 Å². The molecule has 1 aliphatic rings. The number of nitrogens with one attached hydrogen (secondary N) is 3. The van der Waals surface area contributed by atoms with E-state index in [0.717, 1.165) is 0 Å². The van der Waals surface area contributed by atoms with Gasteiger partial charge in [0, 0.05) is 5.56 Å². The minimum absolute atomic E-state index is 0.0918. The largest absolute Gasteiger partial charge is 0.479 e. The van der Waals surface area contributed by atoms with E-state index >= 15 is 0 Å². The fraction of sp³-hybridized carbons (Fsp3) is 0.323. The topological polar surface area (TPSA) is 207 Å². The lowest BCUT2D eigenvalue weighted by Crippen LogP contribution is -2.50. The Kier molecular flexibility index (Phi) is 9.25. The number of aliphatic carboxylic acids is 1. The van der Waals surface area contributed by atoms with Crippen molar-refractivity contribution in [1.82, 2.24) is 30.2 Å². The second kappa shape index (κ2) is 13.3. The molecule has 15 heteroatoms. The average molecular weight is 632 g/mol. The number of imidazole rings is 1. The van der Waals surface area contributed by atoms with Crippen LogP contribution in [0.3, 0.4) is 0 Å². The third kappa shape index (κ3) is 7.27. The van der Waals surface area contributed by atoms with Gasteiger partial charge in [0.15, 0.2) is 29.3 Å². The van der Waals surface area contributed by atoms with Crippen molar-refractivity contribution in [3.8, 4) is 0 Å². The van der Waals surface area contributed by atoms with Gasteiger partial charge < -0.3 is 35.6 Å². The third-order valence-corrected chi connectivity index (χ3v) is 7.03. The monoisotopic (exact) mass is 631 g/mol. The summed E-state index contributed by atoms with van der Waals surface area (Å²) in [5, 5.41) is 29.1. The Morgan fingerprint density at radius 3 is 2.33 bits per heavy atom. The predicted octanol–water partition coefficient (Wildman–Crippen LogP) is 2.56. The summed E-state index contributed by atoms with van der Waals surface area (Å²) in [4.78, 5) is 63.3. The number of nitrogens with zero attached hydrogens (tertiary/aromatic N) is 4. The van der Waals surface area contributed by atoms with E-state index in [1.54, 1.807) is 81.4 Å². The number of carbonyl (C=O) groups excluding carboxylic acids is 3. The molecule has 0 spiro atoms. The Morgan fingerprint density at radius 2 is 1.67 bits per heavy atom. The molecule has 3 amide bonds. The first-order valence-corrected chi connectivity index (χ1v) is 14.4. The number of benzene rings is 2. The zero-order valence-electron chi connectivity index (χ0n) is 25.2. The fourth-order valence-corrected chi connectivity index (χ4v) is 4.99. The number of aromatic nitrogens is 4. The highest BCUT2D eigenvalue weighted by atomic mass is 16.6. The summed E-state index contributed by atoms with van der Waals surface area (Å²) in [7, 11) is 0. The number of fused-ring (bicyclic) bond motifs is 1. The highest BCUT2D eigenvalue weighted by molar-refractivity contribution is 6.06. The molecular formula is C31H33N7O8. The van der Waals surface area contributed by atoms with Gasteiger partial charge in [0.05, 0.1) is 24.8 Å². The molecule has 5 N–H and O–H groups in total. The summed E-state index contributed by atoms with van der Waals surface area (Å²) in [6.07, 6.45) is -3.12. The number of hydrogen-bond acceptors (Lipinski definition) is 10. The first-order valence-electron chi connectivity index (χ1n) is 14.4. The molecule has 46 heavy (non-hydrogen) atoms. The van der Waals surface area contributed by atoms with Crippen molar-refractivity contribution in [3.63, 3.8) is 0 Å². The van der Waals surface area contributed by atoms with Crippen molar-refractivity contribution in [1.29, 1.82) is 0 Å². The first-order chi connectivity index (χ1) is 21.9. The number of aliphatic hydroxyl groups is 1. The molecule has 1 saturated heterocycles. The minimum atomic E-state index is -1.64. The molecule has 1 aliphatic heterocycles. The zero-order chi connectivity index (χ0) is 33.0. The third-order valence-electron chi connectivity index (χ3n) is 7.03. The molecule has 0 radical (unpaired) electrons. The Balaban J connectivity index is 1.34. The molecule has 5 rings (SSSR count). The standard InChI is InChI=1S/C31H33N7O8/c1-31(2,3)46-30(44)35-19(17-10-6-4-7-11-17)14-20(39)36-21-23(40)28(45-24(21)29(42)43)38-16-34-22-25(32-15-33-26(22)38)37-27(41)18-12-8-5-9-13-18/h4-13,15-16,19,21,23-24,28,40H,14H2,1-3H3,(H,35,44)(H,36,39)(H,42,43)(H,32,33,37,41)/t19?,21-,23+,24-,28+/m0/s1. The number of carboxylic acids is 1. The molecule has 5 atom stereocenters. The van der Waals surface area contributed by atoms with Gasteiger partial charge >= 0.3 is 12.1 Å². The van der Waals surface area contributed by atoms with Crippen LogP contribution in [0.1, 0.15) is 55.4 Å². The molecular weight excluding hydrogens is 598 g/mol. The van der Waals surface area contributed by atoms with Gasteiger partial charge in [-0.1, -0.05) is 48.5 Å². The number of ether oxygens (including phenoxy) is 2. The van der Waals surface area contributed by atoms with E-state index in [1.807, 2.05) is 0 Å². The number of hydrogen-bond donors (Lipinski definition) is 5. The molecule has 15 nitrogen and oxygen atoms in total. The maximum Gasteiger partial charge on any atom is 0.408 e. The van der Waals surface area contributed by atoms with Crippen LogP contribution in [0.5, 0.6) is 0 Å². The summed E-state index contributed by atoms with van der Waals surface area (Å²) in [6, 6.07) is 15.0. The van der Waals surface area contributed by atoms with Gasteiger partial charge in [-0.25, -0.2) is 24.5 Å². The van der Waals surface area contributed by atoms with Crippen molar-refractivity contribution >= 4 is 40.9 Å². The van der Waals surface area contributed by atoms with Gasteiger partial charge in [0.2, 0.25) is 5.91 Å². The second-order valence-electron chi connectivity index (χ2n) is 11.5. The van der Waals surface area contributed by atoms with Gasteiger partial charge in [-0.3, -0.25) is 14.2 Å². The molecule has 0 bridgehead atoms. The van der Waals surface area contributed by atoms with E-state index < -0.39 is 60.0 Å². The van der Waals surface area contributed by atoms with Gasteiger partial charge in [0.25, 0.3) is 5.91 Å². The highest BCUT2D eigenvalue weighted by Gasteiger charge is 2.49. The Hall–Kier alpha value is -5.41. The van der Waals surface area contributed by atoms with E-state index in [-0.39, 0.29) is 23.4 Å². The quantitative estimate of drug-likeness (QED) is 0.181. The van der Waals surface area contributed by atoms with Crippen LogP contribution < -0.4 is 16.0 Å². The second-order valence-corrected chi connectivity index (χ2v) is 11.5. The lowest BCUT2D eigenvalue weighted by atomic mass is 10.0. The van der Waals surface area contributed by atoms with Crippen molar-refractivity contribution in [2.75, 3.05) is 5.32 Å². The normalized spacial score (nSPS) is 20.1. The van der Waals surface area contributed by atoms with Gasteiger partial charge in [-0.05, 0) is 38.5 Å². The molecule has 1 unspecified atom stereocenters. The Morgan fingerprint density at radius 1 is 1.00 bits per heavy atom. The molecule has 3 heterocycles. The summed E-state index contributed by atoms with van der Waals surface area (Å²) in [6.45, 7) is 5.12. The summed E-state index contributed by atoms with van der Waals surface area (Å²) in [5.74, 6) is -2.42. The van der Waals surface area contributed by atoms with Crippen LogP contribution in [0.2, 0.25) is 0 Å². The number of alkyl carbamates (subject to hydrolysis) is 1. The number of anilines is 1. The predicted molar refractivity (Wildman–Crippen MR) is 162 cm³/mol. The van der Waals surface area contributed by atoms with Crippen molar-refractivity contribution in [3.05, 3.63) is 84.4 Å². The summed E-state index contributed by atoms with van der Waals surface area (Å²) >= 11 is 0. The van der Waals surface area contributed by atoms with E-state index in [2.05, 4.69) is 30.9 Å². The number of carbonyl (C=O) groups is 4. The van der Waals surface area contributed by atoms with E-state index in [9.17, 15) is 29.4 Å². The molecule has 0 saturated carbocycles. The van der Waals surface area contributed by atoms with Crippen LogP contribution in [0.25, 0.3) is 11.2 Å². The van der Waals surface area contributed by atoms with E-state index in [4.69, 9.17) is 9.47 Å². The van der Waals surface area contributed by atoms with Crippen molar-refractivity contribution in [2.45, 2.75) is 63.3 Å². The molecule has 2 aromatic carbocycles. The number of aliphatic hydroxyl groups excluding tert-OH is 1. The summed E-state index contributed by atoms with van der Waals surface area (Å²) in [5.41, 5.74) is 0.533. The number of amides is 3. The van der Waals surface area contributed by atoms with E-state index in [0.29, 0.717) is 11.1 Å². The van der Waals surface area contributed by atoms with E-state index in [1.165, 1.54) is 17.2 Å². The van der Waals surface area contributed by atoms with Crippen LogP contribution in [0.15, 0.2) is 73.3 Å². The molecule has 2 aromatic heterocycles. The van der Waals surface area contributed by atoms with Crippen LogP contribution in [0.4, 0.5) is 10.6 Å². The lowest BCUT2D eigenvalue weighted by molar-refractivity contribution is -0.152. The van der Waals surface area contributed by atoms with Crippen LogP contribution in [-0.2, 0) is 19.1 Å². The van der Waals surface area contributed by atoms with Crippen LogP contribution in [-0.4, -0.2) is 77.5 Å². The van der Waals surface area contributed by atoms with Crippen molar-refractivity contribution in [2.24, 2.45) is 0 Å². The average Bonchev–Trinajstić information content (AvgIpc) is 3.58. The number of carboxylic acid groups (broad SMARTS) is 1. The SMILES string of the molecule is CC(C)(C)OC(=O)NC(CC(=O)N[C@H]1[C@@H](O)[C@H](n2cnc3c(NC(=O)c4ccccc4)ncnc32)O[C@@H]1C(=O)O)c1ccccc1. The molecule has 0 aliphatic carbocycles. The van der Waals surface area contributed by atoms with Gasteiger partial charge in [0.1, 0.15) is 18.0 Å². The highest BCUT2D eigenvalue weighted by Crippen LogP contribution is 2.33. The fourth-order valence-electron chi connectivity index (χ4n) is 4.99. The van der Waals surface area contributed by atoms with Gasteiger partial charge in [-0.2, -0.15) is 0 Å². The number of rotatable bonds is 9. The zero-order valence-corrected chi connectivity index (χ0v) is 25.2.